The molecule has 4 heteroatoms. The predicted molar refractivity (Wildman–Crippen MR) is 71.7 cm³/mol. The van der Waals surface area contributed by atoms with Crippen molar-refractivity contribution < 1.29 is 14.3 Å². The number of hydrogen-bond donors (Lipinski definition) is 0. The number of ether oxygens (including phenoxy) is 2. The smallest absolute Gasteiger partial charge is 0.172 e. The van der Waals surface area contributed by atoms with Crippen LogP contribution in [0.5, 0.6) is 11.5 Å². The summed E-state index contributed by atoms with van der Waals surface area (Å²) in [6, 6.07) is 11.2. The molecule has 1 heterocycles. The third-order valence-corrected chi connectivity index (χ3v) is 2.67. The van der Waals surface area contributed by atoms with E-state index < -0.39 is 0 Å². The summed E-state index contributed by atoms with van der Waals surface area (Å²) in [4.78, 5) is 15.0. The maximum atomic E-state index is 10.9. The number of hydrogen-bond acceptors (Lipinski definition) is 4. The van der Waals surface area contributed by atoms with Crippen LogP contribution in [-0.2, 0) is 6.61 Å². The molecule has 0 N–H and O–H groups in total. The molecule has 0 aliphatic rings. The molecule has 1 aromatic carbocycles. The number of rotatable bonds is 5. The molecule has 4 nitrogen and oxygen atoms in total. The average molecular weight is 257 g/mol. The summed E-state index contributed by atoms with van der Waals surface area (Å²) in [5, 5.41) is 0. The lowest BCUT2D eigenvalue weighted by Crippen LogP contribution is -2.01. The summed E-state index contributed by atoms with van der Waals surface area (Å²) >= 11 is 0. The van der Waals surface area contributed by atoms with Gasteiger partial charge in [-0.25, -0.2) is 4.98 Å². The lowest BCUT2D eigenvalue weighted by molar-refractivity contribution is 0.111. The van der Waals surface area contributed by atoms with Gasteiger partial charge in [0.15, 0.2) is 6.29 Å². The van der Waals surface area contributed by atoms with Gasteiger partial charge in [0.25, 0.3) is 0 Å². The maximum Gasteiger partial charge on any atom is 0.172 e. The Hall–Kier alpha value is -2.36. The molecule has 98 valence electrons. The largest absolute Gasteiger partial charge is 0.497 e. The van der Waals surface area contributed by atoms with Crippen molar-refractivity contribution in [3.8, 4) is 11.5 Å². The summed E-state index contributed by atoms with van der Waals surface area (Å²) in [5.41, 5.74) is 2.08. The van der Waals surface area contributed by atoms with Gasteiger partial charge in [-0.05, 0) is 36.8 Å². The van der Waals surface area contributed by atoms with Gasteiger partial charge in [0.2, 0.25) is 0 Å². The highest BCUT2D eigenvalue weighted by Crippen LogP contribution is 2.18. The quantitative estimate of drug-likeness (QED) is 0.773. The van der Waals surface area contributed by atoms with E-state index in [0.29, 0.717) is 24.3 Å². The van der Waals surface area contributed by atoms with Gasteiger partial charge in [-0.2, -0.15) is 0 Å². The van der Waals surface area contributed by atoms with Gasteiger partial charge in [-0.3, -0.25) is 4.79 Å². The highest BCUT2D eigenvalue weighted by Gasteiger charge is 2.05. The third kappa shape index (κ3) is 3.31. The first-order valence-electron chi connectivity index (χ1n) is 5.91. The van der Waals surface area contributed by atoms with Crippen LogP contribution in [0.1, 0.15) is 21.7 Å². The standard InChI is InChI=1S/C15H15NO3/c1-11-6-7-15(14(9-17)16-11)19-10-12-4-3-5-13(8-12)18-2/h3-9H,10H2,1-2H3. The minimum atomic E-state index is 0.322. The van der Waals surface area contributed by atoms with Crippen LogP contribution in [0.3, 0.4) is 0 Å². The normalized spacial score (nSPS) is 10.0. The van der Waals surface area contributed by atoms with Crippen molar-refractivity contribution in [1.29, 1.82) is 0 Å². The number of methoxy groups -OCH3 is 1. The minimum absolute atomic E-state index is 0.322. The predicted octanol–water partition coefficient (Wildman–Crippen LogP) is 2.79. The van der Waals surface area contributed by atoms with Crippen molar-refractivity contribution in [1.82, 2.24) is 4.98 Å². The number of aldehydes is 1. The monoisotopic (exact) mass is 257 g/mol. The molecule has 0 aliphatic heterocycles. The highest BCUT2D eigenvalue weighted by molar-refractivity contribution is 5.76. The number of carbonyl (C=O) groups excluding carboxylic acids is 1. The third-order valence-electron chi connectivity index (χ3n) is 2.67. The Balaban J connectivity index is 2.11. The molecule has 1 aromatic heterocycles. The van der Waals surface area contributed by atoms with Gasteiger partial charge >= 0.3 is 0 Å². The Morgan fingerprint density at radius 1 is 1.26 bits per heavy atom. The first-order valence-corrected chi connectivity index (χ1v) is 5.91. The van der Waals surface area contributed by atoms with E-state index in [1.54, 1.807) is 13.2 Å². The van der Waals surface area contributed by atoms with Crippen molar-refractivity contribution >= 4 is 6.29 Å². The zero-order valence-electron chi connectivity index (χ0n) is 10.9. The molecule has 0 bridgehead atoms. The molecular weight excluding hydrogens is 242 g/mol. The number of aromatic nitrogens is 1. The van der Waals surface area contributed by atoms with Gasteiger partial charge in [-0.1, -0.05) is 12.1 Å². The van der Waals surface area contributed by atoms with Crippen LogP contribution >= 0.6 is 0 Å². The van der Waals surface area contributed by atoms with Crippen LogP contribution in [0.4, 0.5) is 0 Å². The van der Waals surface area contributed by atoms with Gasteiger partial charge in [-0.15, -0.1) is 0 Å². The summed E-state index contributed by atoms with van der Waals surface area (Å²) in [5.74, 6) is 1.27. The average Bonchev–Trinajstić information content (AvgIpc) is 2.46. The first-order chi connectivity index (χ1) is 9.22. The Kier molecular flexibility index (Phi) is 4.13. The van der Waals surface area contributed by atoms with Crippen LogP contribution in [0.25, 0.3) is 0 Å². The fraction of sp³-hybridized carbons (Fsp3) is 0.200. The second-order valence-corrected chi connectivity index (χ2v) is 4.09. The van der Waals surface area contributed by atoms with Crippen molar-refractivity contribution in [2.45, 2.75) is 13.5 Å². The lowest BCUT2D eigenvalue weighted by Gasteiger charge is -2.09. The second kappa shape index (κ2) is 6.00. The molecule has 2 aromatic rings. The molecule has 0 radical (unpaired) electrons. The Morgan fingerprint density at radius 3 is 2.84 bits per heavy atom. The van der Waals surface area contributed by atoms with Crippen molar-refractivity contribution in [2.24, 2.45) is 0 Å². The number of benzene rings is 1. The molecule has 0 atom stereocenters. The SMILES string of the molecule is COc1cccc(COc2ccc(C)nc2C=O)c1. The Morgan fingerprint density at radius 2 is 2.11 bits per heavy atom. The molecule has 0 aliphatic carbocycles. The van der Waals surface area contributed by atoms with Gasteiger partial charge < -0.3 is 9.47 Å². The number of carbonyl (C=O) groups is 1. The molecule has 2 rings (SSSR count). The fourth-order valence-electron chi connectivity index (χ4n) is 1.69. The van der Waals surface area contributed by atoms with E-state index in [1.165, 1.54) is 0 Å². The zero-order chi connectivity index (χ0) is 13.7. The minimum Gasteiger partial charge on any atom is -0.497 e. The molecule has 0 amide bonds. The molecule has 0 fully saturated rings. The second-order valence-electron chi connectivity index (χ2n) is 4.09. The zero-order valence-corrected chi connectivity index (χ0v) is 10.9. The molecule has 0 unspecified atom stereocenters. The number of aryl methyl sites for hydroxylation is 1. The summed E-state index contributed by atoms with van der Waals surface area (Å²) in [7, 11) is 1.62. The maximum absolute atomic E-state index is 10.9. The molecule has 0 saturated heterocycles. The Bertz CT molecular complexity index is 581. The molecule has 0 saturated carbocycles. The summed E-state index contributed by atoms with van der Waals surface area (Å²) in [6.07, 6.45) is 0.702. The Labute approximate surface area is 112 Å². The van der Waals surface area contributed by atoms with Crippen LogP contribution in [0.2, 0.25) is 0 Å². The van der Waals surface area contributed by atoms with Gasteiger partial charge in [0.05, 0.1) is 7.11 Å². The van der Waals surface area contributed by atoms with E-state index in [0.717, 1.165) is 17.0 Å². The van der Waals surface area contributed by atoms with E-state index in [4.69, 9.17) is 9.47 Å². The van der Waals surface area contributed by atoms with Crippen molar-refractivity contribution in [2.75, 3.05) is 7.11 Å². The topological polar surface area (TPSA) is 48.4 Å². The van der Waals surface area contributed by atoms with E-state index >= 15 is 0 Å². The van der Waals surface area contributed by atoms with Crippen LogP contribution < -0.4 is 9.47 Å². The lowest BCUT2D eigenvalue weighted by atomic mass is 10.2. The molecular formula is C15H15NO3. The highest BCUT2D eigenvalue weighted by atomic mass is 16.5. The van der Waals surface area contributed by atoms with Gasteiger partial charge in [0.1, 0.15) is 23.8 Å². The van der Waals surface area contributed by atoms with E-state index in [-0.39, 0.29) is 0 Å². The van der Waals surface area contributed by atoms with Crippen LogP contribution in [-0.4, -0.2) is 18.4 Å². The molecule has 0 spiro atoms. The van der Waals surface area contributed by atoms with Crippen molar-refractivity contribution in [3.63, 3.8) is 0 Å². The summed E-state index contributed by atoms with van der Waals surface area (Å²) < 4.78 is 10.8. The van der Waals surface area contributed by atoms with Crippen LogP contribution in [0.15, 0.2) is 36.4 Å². The van der Waals surface area contributed by atoms with Crippen LogP contribution in [0, 0.1) is 6.92 Å². The van der Waals surface area contributed by atoms with E-state index in [9.17, 15) is 4.79 Å². The fourth-order valence-corrected chi connectivity index (χ4v) is 1.69. The van der Waals surface area contributed by atoms with Crippen molar-refractivity contribution in [3.05, 3.63) is 53.3 Å². The first kappa shape index (κ1) is 13.1. The van der Waals surface area contributed by atoms with Gasteiger partial charge in [0, 0.05) is 5.69 Å². The summed E-state index contributed by atoms with van der Waals surface area (Å²) in [6.45, 7) is 2.20. The van der Waals surface area contributed by atoms with E-state index in [1.807, 2.05) is 37.3 Å². The molecule has 19 heavy (non-hydrogen) atoms. The number of pyridine rings is 1. The van der Waals surface area contributed by atoms with E-state index in [2.05, 4.69) is 4.98 Å². The number of nitrogens with zero attached hydrogens (tertiary/aromatic N) is 1.